The number of methoxy groups -OCH3 is 2. The maximum Gasteiger partial charge on any atom is 0.242 e. The van der Waals surface area contributed by atoms with Gasteiger partial charge in [-0.25, -0.2) is 9.67 Å². The number of ether oxygens (including phenoxy) is 2. The Balaban J connectivity index is 1.75. The van der Waals surface area contributed by atoms with Gasteiger partial charge in [0, 0.05) is 12.0 Å². The molecular weight excluding hydrogens is 358 g/mol. The second-order valence-electron chi connectivity index (χ2n) is 7.66. The normalized spacial score (nSPS) is 16.2. The van der Waals surface area contributed by atoms with E-state index in [9.17, 15) is 4.79 Å². The van der Waals surface area contributed by atoms with Gasteiger partial charge in [-0.3, -0.25) is 4.79 Å². The van der Waals surface area contributed by atoms with E-state index in [4.69, 9.17) is 15.2 Å². The molecule has 0 saturated heterocycles. The van der Waals surface area contributed by atoms with Gasteiger partial charge in [0.15, 0.2) is 17.3 Å². The van der Waals surface area contributed by atoms with Crippen LogP contribution in [-0.4, -0.2) is 40.4 Å². The van der Waals surface area contributed by atoms with Gasteiger partial charge >= 0.3 is 0 Å². The van der Waals surface area contributed by atoms with Crippen molar-refractivity contribution in [2.45, 2.75) is 57.7 Å². The molecule has 152 valence electrons. The highest BCUT2D eigenvalue weighted by molar-refractivity contribution is 5.76. The number of carbonyl (C=O) groups excluding carboxylic acids is 1. The lowest BCUT2D eigenvalue weighted by Crippen LogP contribution is -2.52. The summed E-state index contributed by atoms with van der Waals surface area (Å²) in [6, 6.07) is 5.37. The van der Waals surface area contributed by atoms with E-state index in [1.54, 1.807) is 18.9 Å². The monoisotopic (exact) mass is 387 g/mol. The Bertz CT molecular complexity index is 842. The minimum absolute atomic E-state index is 0.0633. The summed E-state index contributed by atoms with van der Waals surface area (Å²) in [6.07, 6.45) is 3.69. The summed E-state index contributed by atoms with van der Waals surface area (Å²) < 4.78 is 12.2. The zero-order valence-corrected chi connectivity index (χ0v) is 17.0. The van der Waals surface area contributed by atoms with Gasteiger partial charge in [-0.05, 0) is 50.8 Å². The van der Waals surface area contributed by atoms with Crippen molar-refractivity contribution < 1.29 is 14.3 Å². The van der Waals surface area contributed by atoms with Crippen LogP contribution >= 0.6 is 0 Å². The molecule has 1 heterocycles. The van der Waals surface area contributed by atoms with Gasteiger partial charge in [-0.1, -0.05) is 6.07 Å². The predicted octanol–water partition coefficient (Wildman–Crippen LogP) is 1.96. The number of aromatic nitrogens is 3. The van der Waals surface area contributed by atoms with E-state index in [2.05, 4.69) is 22.3 Å². The number of amides is 1. The second-order valence-corrected chi connectivity index (χ2v) is 7.66. The van der Waals surface area contributed by atoms with Crippen LogP contribution in [0.2, 0.25) is 0 Å². The van der Waals surface area contributed by atoms with Crippen LogP contribution in [0.4, 0.5) is 0 Å². The minimum Gasteiger partial charge on any atom is -0.493 e. The minimum atomic E-state index is -0.321. The third kappa shape index (κ3) is 4.44. The molecule has 2 aromatic rings. The fraction of sp³-hybridized carbons (Fsp3) is 0.550. The fourth-order valence-electron chi connectivity index (χ4n) is 3.45. The SMILES string of the molecule is COc1ccc(Cc2nc(C(C)N)n(CC(=O)NC3(C)CCC3)n2)cc1OC. The molecule has 3 rings (SSSR count). The van der Waals surface area contributed by atoms with Crippen LogP contribution in [0.3, 0.4) is 0 Å². The summed E-state index contributed by atoms with van der Waals surface area (Å²) >= 11 is 0. The van der Waals surface area contributed by atoms with Crippen LogP contribution in [0.5, 0.6) is 11.5 Å². The van der Waals surface area contributed by atoms with Crippen molar-refractivity contribution in [1.29, 1.82) is 0 Å². The number of nitrogens with two attached hydrogens (primary N) is 1. The van der Waals surface area contributed by atoms with Crippen LogP contribution in [0.25, 0.3) is 0 Å². The Hall–Kier alpha value is -2.61. The Morgan fingerprint density at radius 2 is 2.04 bits per heavy atom. The maximum atomic E-state index is 12.4. The molecule has 1 unspecified atom stereocenters. The first-order valence-corrected chi connectivity index (χ1v) is 9.54. The van der Waals surface area contributed by atoms with Gasteiger partial charge in [0.1, 0.15) is 12.4 Å². The van der Waals surface area contributed by atoms with Crippen molar-refractivity contribution >= 4 is 5.91 Å². The Kier molecular flexibility index (Phi) is 5.88. The molecular formula is C20H29N5O3. The Labute approximate surface area is 165 Å². The van der Waals surface area contributed by atoms with Crippen molar-refractivity contribution in [3.05, 3.63) is 35.4 Å². The molecule has 1 aromatic carbocycles. The van der Waals surface area contributed by atoms with Crippen LogP contribution in [0, 0.1) is 0 Å². The highest BCUT2D eigenvalue weighted by atomic mass is 16.5. The Morgan fingerprint density at radius 3 is 2.61 bits per heavy atom. The number of rotatable bonds is 8. The first-order chi connectivity index (χ1) is 13.3. The van der Waals surface area contributed by atoms with E-state index in [0.717, 1.165) is 24.8 Å². The van der Waals surface area contributed by atoms with Crippen molar-refractivity contribution in [3.63, 3.8) is 0 Å². The largest absolute Gasteiger partial charge is 0.493 e. The zero-order valence-electron chi connectivity index (χ0n) is 17.0. The number of benzene rings is 1. The third-order valence-corrected chi connectivity index (χ3v) is 5.15. The second kappa shape index (κ2) is 8.18. The average Bonchev–Trinajstić information content (AvgIpc) is 3.02. The first-order valence-electron chi connectivity index (χ1n) is 9.54. The van der Waals surface area contributed by atoms with E-state index in [-0.39, 0.29) is 24.0 Å². The zero-order chi connectivity index (χ0) is 20.3. The third-order valence-electron chi connectivity index (χ3n) is 5.15. The first kappa shape index (κ1) is 20.1. The average molecular weight is 387 g/mol. The molecule has 8 nitrogen and oxygen atoms in total. The van der Waals surface area contributed by atoms with Gasteiger partial charge in [0.05, 0.1) is 20.3 Å². The fourth-order valence-corrected chi connectivity index (χ4v) is 3.45. The number of nitrogens with zero attached hydrogens (tertiary/aromatic N) is 3. The molecule has 8 heteroatoms. The molecule has 0 spiro atoms. The quantitative estimate of drug-likeness (QED) is 0.718. The number of hydrogen-bond donors (Lipinski definition) is 2. The topological polar surface area (TPSA) is 104 Å². The number of hydrogen-bond acceptors (Lipinski definition) is 6. The molecule has 1 amide bonds. The van der Waals surface area contributed by atoms with Crippen LogP contribution in [0.15, 0.2) is 18.2 Å². The summed E-state index contributed by atoms with van der Waals surface area (Å²) in [5, 5.41) is 7.63. The van der Waals surface area contributed by atoms with Crippen molar-refractivity contribution in [3.8, 4) is 11.5 Å². The summed E-state index contributed by atoms with van der Waals surface area (Å²) in [6.45, 7) is 4.03. The number of nitrogens with one attached hydrogen (secondary N) is 1. The van der Waals surface area contributed by atoms with Crippen LogP contribution in [-0.2, 0) is 17.8 Å². The Morgan fingerprint density at radius 1 is 1.32 bits per heavy atom. The molecule has 0 bridgehead atoms. The lowest BCUT2D eigenvalue weighted by molar-refractivity contribution is -0.124. The molecule has 0 aliphatic heterocycles. The highest BCUT2D eigenvalue weighted by Gasteiger charge is 2.33. The molecule has 1 saturated carbocycles. The van der Waals surface area contributed by atoms with E-state index in [0.29, 0.717) is 29.6 Å². The molecule has 28 heavy (non-hydrogen) atoms. The highest BCUT2D eigenvalue weighted by Crippen LogP contribution is 2.31. The van der Waals surface area contributed by atoms with Gasteiger partial charge in [-0.15, -0.1) is 0 Å². The lowest BCUT2D eigenvalue weighted by atomic mass is 9.78. The molecule has 3 N–H and O–H groups in total. The molecule has 1 aromatic heterocycles. The van der Waals surface area contributed by atoms with E-state index in [1.165, 1.54) is 0 Å². The molecule has 1 atom stereocenters. The van der Waals surface area contributed by atoms with Gasteiger partial charge < -0.3 is 20.5 Å². The van der Waals surface area contributed by atoms with E-state index in [1.807, 2.05) is 25.1 Å². The molecule has 1 aliphatic carbocycles. The summed E-state index contributed by atoms with van der Waals surface area (Å²) in [5.41, 5.74) is 6.95. The van der Waals surface area contributed by atoms with E-state index >= 15 is 0 Å². The molecule has 0 radical (unpaired) electrons. The van der Waals surface area contributed by atoms with Gasteiger partial charge in [0.25, 0.3) is 0 Å². The van der Waals surface area contributed by atoms with Gasteiger partial charge in [-0.2, -0.15) is 5.10 Å². The van der Waals surface area contributed by atoms with Crippen LogP contribution < -0.4 is 20.5 Å². The summed E-state index contributed by atoms with van der Waals surface area (Å²) in [4.78, 5) is 17.0. The van der Waals surface area contributed by atoms with Crippen molar-refractivity contribution in [2.24, 2.45) is 5.73 Å². The predicted molar refractivity (Wildman–Crippen MR) is 105 cm³/mol. The maximum absolute atomic E-state index is 12.4. The summed E-state index contributed by atoms with van der Waals surface area (Å²) in [5.74, 6) is 2.47. The summed E-state index contributed by atoms with van der Waals surface area (Å²) in [7, 11) is 3.20. The smallest absolute Gasteiger partial charge is 0.242 e. The van der Waals surface area contributed by atoms with Crippen molar-refractivity contribution in [2.75, 3.05) is 14.2 Å². The van der Waals surface area contributed by atoms with Crippen molar-refractivity contribution in [1.82, 2.24) is 20.1 Å². The van der Waals surface area contributed by atoms with Crippen LogP contribution in [0.1, 0.15) is 56.4 Å². The standard InChI is InChI=1S/C20H29N5O3/c1-13(21)19-22-17(11-14-6-7-15(27-3)16(10-14)28-4)24-25(19)12-18(26)23-20(2)8-5-9-20/h6-7,10,13H,5,8-9,11-12,21H2,1-4H3,(H,23,26). The lowest BCUT2D eigenvalue weighted by Gasteiger charge is -2.39. The molecule has 1 aliphatic rings. The van der Waals surface area contributed by atoms with Gasteiger partial charge in [0.2, 0.25) is 5.91 Å². The molecule has 1 fully saturated rings. The van der Waals surface area contributed by atoms with E-state index < -0.39 is 0 Å². The number of carbonyl (C=O) groups is 1.